The third-order valence-corrected chi connectivity index (χ3v) is 3.66. The van der Waals surface area contributed by atoms with Crippen molar-refractivity contribution in [2.45, 2.75) is 6.54 Å². The molecule has 4 heteroatoms. The van der Waals surface area contributed by atoms with E-state index in [1.165, 1.54) is 11.3 Å². The number of halogens is 1. The van der Waals surface area contributed by atoms with Crippen molar-refractivity contribution in [1.29, 1.82) is 0 Å². The van der Waals surface area contributed by atoms with Crippen LogP contribution in [0.4, 0.5) is 0 Å². The molecule has 0 aliphatic carbocycles. The van der Waals surface area contributed by atoms with Gasteiger partial charge in [-0.05, 0) is 11.6 Å². The normalized spacial score (nSPS) is 10.7. The van der Waals surface area contributed by atoms with Gasteiger partial charge in [0, 0.05) is 16.6 Å². The van der Waals surface area contributed by atoms with Crippen molar-refractivity contribution >= 4 is 39.3 Å². The number of carbonyl (C=O) groups is 1. The molecule has 0 fully saturated rings. The molecule has 1 heterocycles. The molecule has 0 atom stereocenters. The molecular formula is C10H8ClNOS. The molecule has 0 aliphatic heterocycles. The van der Waals surface area contributed by atoms with Crippen LogP contribution in [0.3, 0.4) is 0 Å². The van der Waals surface area contributed by atoms with Crippen LogP contribution in [0.1, 0.15) is 15.2 Å². The Hall–Kier alpha value is -0.900. The molecule has 0 radical (unpaired) electrons. The molecule has 0 spiro atoms. The second-order valence-electron chi connectivity index (χ2n) is 2.93. The second kappa shape index (κ2) is 3.69. The van der Waals surface area contributed by atoms with Crippen LogP contribution in [0.15, 0.2) is 18.2 Å². The zero-order chi connectivity index (χ0) is 10.1. The lowest BCUT2D eigenvalue weighted by Crippen LogP contribution is -1.94. The second-order valence-corrected chi connectivity index (χ2v) is 4.39. The maximum atomic E-state index is 10.7. The summed E-state index contributed by atoms with van der Waals surface area (Å²) in [5.41, 5.74) is 6.57. The van der Waals surface area contributed by atoms with Crippen LogP contribution in [0.5, 0.6) is 0 Å². The highest BCUT2D eigenvalue weighted by Gasteiger charge is 2.09. The van der Waals surface area contributed by atoms with E-state index in [0.29, 0.717) is 16.4 Å². The summed E-state index contributed by atoms with van der Waals surface area (Å²) in [6, 6.07) is 5.80. The standard InChI is InChI=1S/C10H8ClNOS/c11-10-7-2-1-6(4-12)3-8(7)14-9(10)5-13/h1-3,5H,4,12H2. The number of thiophene rings is 1. The van der Waals surface area contributed by atoms with E-state index in [1.54, 1.807) is 0 Å². The topological polar surface area (TPSA) is 43.1 Å². The minimum Gasteiger partial charge on any atom is -0.326 e. The van der Waals surface area contributed by atoms with Crippen LogP contribution >= 0.6 is 22.9 Å². The summed E-state index contributed by atoms with van der Waals surface area (Å²) in [5, 5.41) is 1.47. The molecule has 1 aromatic carbocycles. The molecule has 2 nitrogen and oxygen atoms in total. The lowest BCUT2D eigenvalue weighted by molar-refractivity contribution is 0.112. The third kappa shape index (κ3) is 1.43. The van der Waals surface area contributed by atoms with E-state index >= 15 is 0 Å². The fourth-order valence-electron chi connectivity index (χ4n) is 1.33. The highest BCUT2D eigenvalue weighted by molar-refractivity contribution is 7.21. The number of hydrogen-bond acceptors (Lipinski definition) is 3. The smallest absolute Gasteiger partial charge is 0.161 e. The molecule has 14 heavy (non-hydrogen) atoms. The van der Waals surface area contributed by atoms with Crippen LogP contribution in [-0.4, -0.2) is 6.29 Å². The Morgan fingerprint density at radius 2 is 2.29 bits per heavy atom. The Labute approximate surface area is 90.3 Å². The van der Waals surface area contributed by atoms with Crippen molar-refractivity contribution in [3.63, 3.8) is 0 Å². The van der Waals surface area contributed by atoms with Crippen molar-refractivity contribution in [3.05, 3.63) is 33.7 Å². The molecule has 2 N–H and O–H groups in total. The van der Waals surface area contributed by atoms with E-state index in [4.69, 9.17) is 17.3 Å². The van der Waals surface area contributed by atoms with Crippen molar-refractivity contribution in [1.82, 2.24) is 0 Å². The SMILES string of the molecule is NCc1ccc2c(Cl)c(C=O)sc2c1. The van der Waals surface area contributed by atoms with Gasteiger partial charge in [-0.2, -0.15) is 0 Å². The molecule has 0 amide bonds. The monoisotopic (exact) mass is 225 g/mol. The number of aldehydes is 1. The third-order valence-electron chi connectivity index (χ3n) is 2.06. The zero-order valence-corrected chi connectivity index (χ0v) is 8.86. The maximum Gasteiger partial charge on any atom is 0.161 e. The summed E-state index contributed by atoms with van der Waals surface area (Å²) in [6.07, 6.45) is 0.787. The minimum absolute atomic E-state index is 0.502. The van der Waals surface area contributed by atoms with E-state index < -0.39 is 0 Å². The summed E-state index contributed by atoms with van der Waals surface area (Å²) in [5.74, 6) is 0. The van der Waals surface area contributed by atoms with Crippen LogP contribution in [0.2, 0.25) is 5.02 Å². The van der Waals surface area contributed by atoms with Crippen LogP contribution < -0.4 is 5.73 Å². The number of carbonyl (C=O) groups excluding carboxylic acids is 1. The predicted octanol–water partition coefficient (Wildman–Crippen LogP) is 2.83. The summed E-state index contributed by atoms with van der Waals surface area (Å²) in [6.45, 7) is 0.502. The molecule has 0 aliphatic rings. The molecule has 0 saturated carbocycles. The number of fused-ring (bicyclic) bond motifs is 1. The van der Waals surface area contributed by atoms with Crippen molar-refractivity contribution in [2.24, 2.45) is 5.73 Å². The quantitative estimate of drug-likeness (QED) is 0.799. The fourth-order valence-corrected chi connectivity index (χ4v) is 2.69. The number of benzene rings is 1. The highest BCUT2D eigenvalue weighted by Crippen LogP contribution is 2.34. The molecular weight excluding hydrogens is 218 g/mol. The number of nitrogens with two attached hydrogens (primary N) is 1. The minimum atomic E-state index is 0.502. The Kier molecular flexibility index (Phi) is 2.54. The van der Waals surface area contributed by atoms with Crippen molar-refractivity contribution < 1.29 is 4.79 Å². The Morgan fingerprint density at radius 3 is 2.93 bits per heavy atom. The first kappa shape index (κ1) is 9.65. The van der Waals surface area contributed by atoms with Crippen LogP contribution in [-0.2, 0) is 6.54 Å². The van der Waals surface area contributed by atoms with Gasteiger partial charge in [0.05, 0.1) is 9.90 Å². The lowest BCUT2D eigenvalue weighted by Gasteiger charge is -1.95. The van der Waals surface area contributed by atoms with Gasteiger partial charge in [-0.15, -0.1) is 11.3 Å². The molecule has 1 aromatic heterocycles. The van der Waals surface area contributed by atoms with Crippen LogP contribution in [0.25, 0.3) is 10.1 Å². The van der Waals surface area contributed by atoms with Gasteiger partial charge in [0.15, 0.2) is 6.29 Å². The molecule has 0 bridgehead atoms. The van der Waals surface area contributed by atoms with Gasteiger partial charge in [0.25, 0.3) is 0 Å². The molecule has 2 rings (SSSR count). The van der Waals surface area contributed by atoms with Gasteiger partial charge in [-0.1, -0.05) is 23.7 Å². The molecule has 0 saturated heterocycles. The predicted molar refractivity (Wildman–Crippen MR) is 60.1 cm³/mol. The summed E-state index contributed by atoms with van der Waals surface area (Å²) < 4.78 is 1.01. The van der Waals surface area contributed by atoms with E-state index in [-0.39, 0.29) is 0 Å². The van der Waals surface area contributed by atoms with Crippen molar-refractivity contribution in [2.75, 3.05) is 0 Å². The first-order chi connectivity index (χ1) is 6.76. The van der Waals surface area contributed by atoms with E-state index in [9.17, 15) is 4.79 Å². The lowest BCUT2D eigenvalue weighted by atomic mass is 10.2. The average Bonchev–Trinajstić information content (AvgIpc) is 2.55. The van der Waals surface area contributed by atoms with Gasteiger partial charge >= 0.3 is 0 Å². The first-order valence-electron chi connectivity index (χ1n) is 4.12. The van der Waals surface area contributed by atoms with E-state index in [2.05, 4.69) is 0 Å². The van der Waals surface area contributed by atoms with E-state index in [0.717, 1.165) is 21.9 Å². The van der Waals surface area contributed by atoms with E-state index in [1.807, 2.05) is 18.2 Å². The van der Waals surface area contributed by atoms with Gasteiger partial charge in [0.1, 0.15) is 0 Å². The van der Waals surface area contributed by atoms with Gasteiger partial charge in [-0.3, -0.25) is 4.79 Å². The van der Waals surface area contributed by atoms with Gasteiger partial charge < -0.3 is 5.73 Å². The van der Waals surface area contributed by atoms with Crippen LogP contribution in [0, 0.1) is 0 Å². The molecule has 0 unspecified atom stereocenters. The summed E-state index contributed by atoms with van der Waals surface area (Å²) >= 11 is 7.40. The summed E-state index contributed by atoms with van der Waals surface area (Å²) in [4.78, 5) is 11.2. The van der Waals surface area contributed by atoms with Gasteiger partial charge in [0.2, 0.25) is 0 Å². The fraction of sp³-hybridized carbons (Fsp3) is 0.100. The molecule has 72 valence electrons. The van der Waals surface area contributed by atoms with Gasteiger partial charge in [-0.25, -0.2) is 0 Å². The Morgan fingerprint density at radius 1 is 1.50 bits per heavy atom. The zero-order valence-electron chi connectivity index (χ0n) is 7.29. The maximum absolute atomic E-state index is 10.7. The number of rotatable bonds is 2. The Balaban J connectivity index is 2.72. The van der Waals surface area contributed by atoms with Crippen molar-refractivity contribution in [3.8, 4) is 0 Å². The highest BCUT2D eigenvalue weighted by atomic mass is 35.5. The Bertz CT molecular complexity index is 492. The summed E-state index contributed by atoms with van der Waals surface area (Å²) in [7, 11) is 0. The molecule has 2 aromatic rings. The number of hydrogen-bond donors (Lipinski definition) is 1. The first-order valence-corrected chi connectivity index (χ1v) is 5.32. The average molecular weight is 226 g/mol. The largest absolute Gasteiger partial charge is 0.326 e.